The van der Waals surface area contributed by atoms with Crippen LogP contribution in [-0.4, -0.2) is 40.0 Å². The molecule has 0 spiro atoms. The zero-order valence-electron chi connectivity index (χ0n) is 7.86. The maximum Gasteiger partial charge on any atom is 0.407 e. The summed E-state index contributed by atoms with van der Waals surface area (Å²) in [4.78, 5) is 10.6. The second kappa shape index (κ2) is 4.61. The van der Waals surface area contributed by atoms with Gasteiger partial charge < -0.3 is 10.1 Å². The maximum absolute atomic E-state index is 10.6. The summed E-state index contributed by atoms with van der Waals surface area (Å²) in [7, 11) is -3.35. The summed E-state index contributed by atoms with van der Waals surface area (Å²) in [5.41, 5.74) is 0. The van der Waals surface area contributed by atoms with Crippen molar-refractivity contribution in [3.63, 3.8) is 0 Å². The molecule has 1 atom stereocenters. The van der Waals surface area contributed by atoms with Gasteiger partial charge in [-0.2, -0.15) is 8.42 Å². The SMILES string of the molecule is CS(=O)(=O)OCCCC1CNC(=O)O1. The number of carbonyl (C=O) groups excluding carboxylic acids is 1. The minimum atomic E-state index is -3.35. The fourth-order valence-corrected chi connectivity index (χ4v) is 1.53. The summed E-state index contributed by atoms with van der Waals surface area (Å²) in [5, 5.41) is 2.51. The van der Waals surface area contributed by atoms with Gasteiger partial charge >= 0.3 is 6.09 Å². The van der Waals surface area contributed by atoms with Gasteiger partial charge in [0.05, 0.1) is 19.4 Å². The van der Waals surface area contributed by atoms with Crippen molar-refractivity contribution in [3.05, 3.63) is 0 Å². The fourth-order valence-electron chi connectivity index (χ4n) is 1.11. The summed E-state index contributed by atoms with van der Waals surface area (Å²) in [5.74, 6) is 0. The normalized spacial score (nSPS) is 21.8. The lowest BCUT2D eigenvalue weighted by Crippen LogP contribution is -2.15. The summed E-state index contributed by atoms with van der Waals surface area (Å²) >= 11 is 0. The lowest BCUT2D eigenvalue weighted by Gasteiger charge is -2.06. The van der Waals surface area contributed by atoms with Crippen LogP contribution in [0.15, 0.2) is 0 Å². The van der Waals surface area contributed by atoms with E-state index in [1.165, 1.54) is 0 Å². The van der Waals surface area contributed by atoms with E-state index in [1.807, 2.05) is 0 Å². The van der Waals surface area contributed by atoms with Crippen molar-refractivity contribution < 1.29 is 22.1 Å². The van der Waals surface area contributed by atoms with Crippen LogP contribution in [0.1, 0.15) is 12.8 Å². The Hall–Kier alpha value is -0.820. The highest BCUT2D eigenvalue weighted by molar-refractivity contribution is 7.85. The van der Waals surface area contributed by atoms with Crippen LogP contribution in [0.2, 0.25) is 0 Å². The Morgan fingerprint density at radius 1 is 1.64 bits per heavy atom. The van der Waals surface area contributed by atoms with Crippen molar-refractivity contribution in [1.82, 2.24) is 5.32 Å². The Morgan fingerprint density at radius 2 is 2.36 bits per heavy atom. The highest BCUT2D eigenvalue weighted by Crippen LogP contribution is 2.07. The molecule has 0 bridgehead atoms. The zero-order chi connectivity index (χ0) is 10.6. The number of hydrogen-bond donors (Lipinski definition) is 1. The first-order chi connectivity index (χ1) is 6.47. The van der Waals surface area contributed by atoms with Gasteiger partial charge in [-0.05, 0) is 12.8 Å². The molecule has 82 valence electrons. The molecule has 1 saturated heterocycles. The average molecular weight is 223 g/mol. The van der Waals surface area contributed by atoms with Gasteiger partial charge in [-0.15, -0.1) is 0 Å². The van der Waals surface area contributed by atoms with Crippen molar-refractivity contribution >= 4 is 16.2 Å². The van der Waals surface area contributed by atoms with E-state index >= 15 is 0 Å². The van der Waals surface area contributed by atoms with Gasteiger partial charge in [-0.25, -0.2) is 4.79 Å². The summed E-state index contributed by atoms with van der Waals surface area (Å²) in [6, 6.07) is 0. The predicted molar refractivity (Wildman–Crippen MR) is 48.3 cm³/mol. The molecule has 1 fully saturated rings. The minimum Gasteiger partial charge on any atom is -0.444 e. The molecule has 0 aromatic rings. The number of carbonyl (C=O) groups is 1. The van der Waals surface area contributed by atoms with Crippen molar-refractivity contribution in [3.8, 4) is 0 Å². The topological polar surface area (TPSA) is 81.7 Å². The van der Waals surface area contributed by atoms with Crippen LogP contribution < -0.4 is 5.32 Å². The largest absolute Gasteiger partial charge is 0.444 e. The number of nitrogens with one attached hydrogen (secondary N) is 1. The van der Waals surface area contributed by atoms with Gasteiger partial charge in [-0.1, -0.05) is 0 Å². The molecule has 1 amide bonds. The summed E-state index contributed by atoms with van der Waals surface area (Å²) in [6.07, 6.45) is 1.58. The number of hydrogen-bond acceptors (Lipinski definition) is 5. The Morgan fingerprint density at radius 3 is 2.86 bits per heavy atom. The third kappa shape index (κ3) is 4.43. The molecule has 0 radical (unpaired) electrons. The molecule has 1 N–H and O–H groups in total. The van der Waals surface area contributed by atoms with Gasteiger partial charge in [0.2, 0.25) is 0 Å². The van der Waals surface area contributed by atoms with E-state index in [-0.39, 0.29) is 12.7 Å². The molecule has 0 aromatic heterocycles. The number of ether oxygens (including phenoxy) is 1. The Bertz CT molecular complexity index is 299. The molecular weight excluding hydrogens is 210 g/mol. The first-order valence-electron chi connectivity index (χ1n) is 4.26. The van der Waals surface area contributed by atoms with Crippen LogP contribution in [0.3, 0.4) is 0 Å². The lowest BCUT2D eigenvalue weighted by molar-refractivity contribution is 0.131. The Kier molecular flexibility index (Phi) is 3.70. The highest BCUT2D eigenvalue weighted by atomic mass is 32.2. The molecule has 1 aliphatic heterocycles. The van der Waals surface area contributed by atoms with E-state index in [0.29, 0.717) is 19.4 Å². The molecule has 14 heavy (non-hydrogen) atoms. The second-order valence-corrected chi connectivity index (χ2v) is 4.72. The van der Waals surface area contributed by atoms with E-state index in [2.05, 4.69) is 9.50 Å². The van der Waals surface area contributed by atoms with Crippen molar-refractivity contribution in [2.45, 2.75) is 18.9 Å². The Labute approximate surface area is 82.7 Å². The van der Waals surface area contributed by atoms with E-state index in [0.717, 1.165) is 6.26 Å². The smallest absolute Gasteiger partial charge is 0.407 e. The molecular formula is C7H13NO5S. The first-order valence-corrected chi connectivity index (χ1v) is 6.08. The molecule has 1 rings (SSSR count). The Balaban J connectivity index is 2.07. The molecule has 0 aliphatic carbocycles. The van der Waals surface area contributed by atoms with Gasteiger partial charge in [0.15, 0.2) is 0 Å². The van der Waals surface area contributed by atoms with Crippen LogP contribution in [0, 0.1) is 0 Å². The van der Waals surface area contributed by atoms with Crippen LogP contribution in [0.4, 0.5) is 4.79 Å². The van der Waals surface area contributed by atoms with Gasteiger partial charge in [0, 0.05) is 0 Å². The molecule has 7 heteroatoms. The number of alkyl carbamates (subject to hydrolysis) is 1. The van der Waals surface area contributed by atoms with Crippen molar-refractivity contribution in [2.75, 3.05) is 19.4 Å². The second-order valence-electron chi connectivity index (χ2n) is 3.08. The summed E-state index contributed by atoms with van der Waals surface area (Å²) in [6.45, 7) is 0.616. The zero-order valence-corrected chi connectivity index (χ0v) is 8.67. The third-order valence-corrected chi connectivity index (χ3v) is 2.31. The lowest BCUT2D eigenvalue weighted by atomic mass is 10.2. The first kappa shape index (κ1) is 11.3. The van der Waals surface area contributed by atoms with E-state index < -0.39 is 16.2 Å². The molecule has 0 saturated carbocycles. The van der Waals surface area contributed by atoms with Crippen LogP contribution >= 0.6 is 0 Å². The fraction of sp³-hybridized carbons (Fsp3) is 0.857. The van der Waals surface area contributed by atoms with E-state index in [4.69, 9.17) is 4.74 Å². The van der Waals surface area contributed by atoms with Gasteiger partial charge in [0.1, 0.15) is 6.10 Å². The van der Waals surface area contributed by atoms with Crippen LogP contribution in [0.25, 0.3) is 0 Å². The van der Waals surface area contributed by atoms with E-state index in [9.17, 15) is 13.2 Å². The standard InChI is InChI=1S/C7H13NO5S/c1-14(10,11)12-4-2-3-6-5-8-7(9)13-6/h6H,2-5H2,1H3,(H,8,9). The maximum atomic E-state index is 10.6. The van der Waals surface area contributed by atoms with Crippen LogP contribution in [-0.2, 0) is 19.0 Å². The molecule has 1 heterocycles. The number of cyclic esters (lactones) is 1. The third-order valence-electron chi connectivity index (χ3n) is 1.72. The monoisotopic (exact) mass is 223 g/mol. The quantitative estimate of drug-likeness (QED) is 0.518. The summed E-state index contributed by atoms with van der Waals surface area (Å²) < 4.78 is 30.5. The minimum absolute atomic E-state index is 0.132. The average Bonchev–Trinajstić information content (AvgIpc) is 2.44. The molecule has 0 aromatic carbocycles. The highest BCUT2D eigenvalue weighted by Gasteiger charge is 2.21. The van der Waals surface area contributed by atoms with Gasteiger partial charge in [0.25, 0.3) is 10.1 Å². The molecule has 1 unspecified atom stereocenters. The van der Waals surface area contributed by atoms with Gasteiger partial charge in [-0.3, -0.25) is 4.18 Å². The van der Waals surface area contributed by atoms with Crippen molar-refractivity contribution in [2.24, 2.45) is 0 Å². The number of amides is 1. The predicted octanol–water partition coefficient (Wildman–Crippen LogP) is -0.149. The van der Waals surface area contributed by atoms with E-state index in [1.54, 1.807) is 0 Å². The molecule has 6 nitrogen and oxygen atoms in total. The van der Waals surface area contributed by atoms with Crippen molar-refractivity contribution in [1.29, 1.82) is 0 Å². The van der Waals surface area contributed by atoms with Crippen LogP contribution in [0.5, 0.6) is 0 Å². The molecule has 1 aliphatic rings. The number of rotatable bonds is 5.